The number of nitrogens with one attached hydrogen (secondary N) is 1. The Morgan fingerprint density at radius 3 is 3.00 bits per heavy atom. The molecule has 4 nitrogen and oxygen atoms in total. The van der Waals surface area contributed by atoms with E-state index in [0.29, 0.717) is 6.54 Å². The minimum absolute atomic E-state index is 0.142. The highest BCUT2D eigenvalue weighted by Gasteiger charge is 1.98. The van der Waals surface area contributed by atoms with E-state index in [1.807, 2.05) is 36.4 Å². The highest BCUT2D eigenvalue weighted by atomic mass is 16.5. The average molecular weight is 268 g/mol. The summed E-state index contributed by atoms with van der Waals surface area (Å²) >= 11 is 0. The zero-order valence-electron chi connectivity index (χ0n) is 11.2. The molecule has 0 fully saturated rings. The number of aromatic nitrogens is 1. The molecule has 2 aromatic rings. The fourth-order valence-electron chi connectivity index (χ4n) is 1.68. The molecule has 1 N–H and O–H groups in total. The zero-order chi connectivity index (χ0) is 14.2. The summed E-state index contributed by atoms with van der Waals surface area (Å²) in [7, 11) is 1.62. The van der Waals surface area contributed by atoms with Crippen molar-refractivity contribution in [1.29, 1.82) is 0 Å². The van der Waals surface area contributed by atoms with E-state index >= 15 is 0 Å². The van der Waals surface area contributed by atoms with Crippen LogP contribution in [0.1, 0.15) is 11.1 Å². The Labute approximate surface area is 118 Å². The van der Waals surface area contributed by atoms with Gasteiger partial charge in [0.05, 0.1) is 7.11 Å². The van der Waals surface area contributed by atoms with Crippen LogP contribution in [0.3, 0.4) is 0 Å². The molecule has 0 spiro atoms. The molecule has 0 aliphatic carbocycles. The Hall–Kier alpha value is -2.62. The Morgan fingerprint density at radius 1 is 1.35 bits per heavy atom. The third-order valence-electron chi connectivity index (χ3n) is 2.71. The monoisotopic (exact) mass is 268 g/mol. The van der Waals surface area contributed by atoms with Crippen molar-refractivity contribution in [2.75, 3.05) is 7.11 Å². The van der Waals surface area contributed by atoms with Gasteiger partial charge in [-0.15, -0.1) is 0 Å². The lowest BCUT2D eigenvalue weighted by Gasteiger charge is -2.05. The molecule has 0 radical (unpaired) electrons. The minimum Gasteiger partial charge on any atom is -0.497 e. The van der Waals surface area contributed by atoms with Gasteiger partial charge in [-0.05, 0) is 35.4 Å². The van der Waals surface area contributed by atoms with E-state index in [1.54, 1.807) is 25.6 Å². The van der Waals surface area contributed by atoms with Gasteiger partial charge < -0.3 is 10.1 Å². The molecule has 0 saturated carbocycles. The number of pyridine rings is 1. The van der Waals surface area contributed by atoms with E-state index < -0.39 is 0 Å². The van der Waals surface area contributed by atoms with Gasteiger partial charge in [0, 0.05) is 25.0 Å². The molecule has 1 amide bonds. The molecule has 1 aromatic heterocycles. The van der Waals surface area contributed by atoms with Crippen LogP contribution in [0.25, 0.3) is 6.08 Å². The molecule has 0 unspecified atom stereocenters. The number of benzene rings is 1. The van der Waals surface area contributed by atoms with Crippen LogP contribution in [0.2, 0.25) is 0 Å². The Kier molecular flexibility index (Phi) is 4.89. The van der Waals surface area contributed by atoms with Crippen molar-refractivity contribution in [3.63, 3.8) is 0 Å². The number of hydrogen-bond acceptors (Lipinski definition) is 3. The molecule has 0 aliphatic rings. The Bertz CT molecular complexity index is 594. The first-order chi connectivity index (χ1) is 9.78. The van der Waals surface area contributed by atoms with Crippen LogP contribution < -0.4 is 10.1 Å². The second-order valence-electron chi connectivity index (χ2n) is 4.19. The summed E-state index contributed by atoms with van der Waals surface area (Å²) in [6.45, 7) is 0.466. The van der Waals surface area contributed by atoms with Gasteiger partial charge in [0.15, 0.2) is 0 Å². The van der Waals surface area contributed by atoms with Gasteiger partial charge in [0.25, 0.3) is 0 Å². The smallest absolute Gasteiger partial charge is 0.244 e. The predicted octanol–water partition coefficient (Wildman–Crippen LogP) is 2.42. The number of ether oxygens (including phenoxy) is 1. The maximum Gasteiger partial charge on any atom is 0.244 e. The van der Waals surface area contributed by atoms with Crippen LogP contribution in [0.5, 0.6) is 5.75 Å². The first-order valence-electron chi connectivity index (χ1n) is 6.27. The standard InChI is InChI=1S/C16H16N2O2/c1-20-15-6-2-4-14(10-15)12-18-16(19)8-7-13-5-3-9-17-11-13/h2-11H,12H2,1H3,(H,18,19)/b8-7+. The van der Waals surface area contributed by atoms with Crippen molar-refractivity contribution in [2.45, 2.75) is 6.54 Å². The highest BCUT2D eigenvalue weighted by Crippen LogP contribution is 2.12. The second-order valence-corrected chi connectivity index (χ2v) is 4.19. The van der Waals surface area contributed by atoms with E-state index in [0.717, 1.165) is 16.9 Å². The van der Waals surface area contributed by atoms with Gasteiger partial charge in [-0.3, -0.25) is 9.78 Å². The third kappa shape index (κ3) is 4.24. The lowest BCUT2D eigenvalue weighted by atomic mass is 10.2. The van der Waals surface area contributed by atoms with Crippen LogP contribution in [-0.2, 0) is 11.3 Å². The fourth-order valence-corrected chi connectivity index (χ4v) is 1.68. The highest BCUT2D eigenvalue weighted by molar-refractivity contribution is 5.91. The summed E-state index contributed by atoms with van der Waals surface area (Å²) in [5.41, 5.74) is 1.89. The lowest BCUT2D eigenvalue weighted by Crippen LogP contribution is -2.20. The molecule has 1 aromatic carbocycles. The zero-order valence-corrected chi connectivity index (χ0v) is 11.2. The average Bonchev–Trinajstić information content (AvgIpc) is 2.52. The molecule has 0 aliphatic heterocycles. The Morgan fingerprint density at radius 2 is 2.25 bits per heavy atom. The first-order valence-corrected chi connectivity index (χ1v) is 6.27. The van der Waals surface area contributed by atoms with Crippen molar-refractivity contribution in [2.24, 2.45) is 0 Å². The molecule has 102 valence electrons. The second kappa shape index (κ2) is 7.09. The maximum atomic E-state index is 11.7. The first kappa shape index (κ1) is 13.8. The number of rotatable bonds is 5. The van der Waals surface area contributed by atoms with Crippen molar-refractivity contribution >= 4 is 12.0 Å². The summed E-state index contributed by atoms with van der Waals surface area (Å²) in [6, 6.07) is 11.3. The molecule has 0 saturated heterocycles. The van der Waals surface area contributed by atoms with Gasteiger partial charge in [-0.1, -0.05) is 18.2 Å². The molecular formula is C16H16N2O2. The van der Waals surface area contributed by atoms with Crippen LogP contribution in [0, 0.1) is 0 Å². The van der Waals surface area contributed by atoms with E-state index in [1.165, 1.54) is 6.08 Å². The topological polar surface area (TPSA) is 51.2 Å². The van der Waals surface area contributed by atoms with Crippen LogP contribution in [-0.4, -0.2) is 18.0 Å². The number of nitrogens with zero attached hydrogens (tertiary/aromatic N) is 1. The number of hydrogen-bond donors (Lipinski definition) is 1. The van der Waals surface area contributed by atoms with Crippen molar-refractivity contribution < 1.29 is 9.53 Å². The number of carbonyl (C=O) groups excluding carboxylic acids is 1. The van der Waals surface area contributed by atoms with Crippen LogP contribution in [0.4, 0.5) is 0 Å². The van der Waals surface area contributed by atoms with Gasteiger partial charge >= 0.3 is 0 Å². The molecule has 4 heteroatoms. The number of methoxy groups -OCH3 is 1. The van der Waals surface area contributed by atoms with E-state index in [2.05, 4.69) is 10.3 Å². The van der Waals surface area contributed by atoms with Gasteiger partial charge in [-0.25, -0.2) is 0 Å². The molecule has 0 atom stereocenters. The molecule has 2 rings (SSSR count). The van der Waals surface area contributed by atoms with Gasteiger partial charge in [0.1, 0.15) is 5.75 Å². The van der Waals surface area contributed by atoms with E-state index in [-0.39, 0.29) is 5.91 Å². The SMILES string of the molecule is COc1cccc(CNC(=O)/C=C/c2cccnc2)c1. The quantitative estimate of drug-likeness (QED) is 0.847. The summed E-state index contributed by atoms with van der Waals surface area (Å²) in [6.07, 6.45) is 6.62. The molecule has 1 heterocycles. The summed E-state index contributed by atoms with van der Waals surface area (Å²) < 4.78 is 5.13. The Balaban J connectivity index is 1.87. The van der Waals surface area contributed by atoms with E-state index in [4.69, 9.17) is 4.74 Å². The molecule has 0 bridgehead atoms. The molecular weight excluding hydrogens is 252 g/mol. The lowest BCUT2D eigenvalue weighted by molar-refractivity contribution is -0.116. The third-order valence-corrected chi connectivity index (χ3v) is 2.71. The maximum absolute atomic E-state index is 11.7. The van der Waals surface area contributed by atoms with Crippen molar-refractivity contribution in [3.8, 4) is 5.75 Å². The normalized spacial score (nSPS) is 10.4. The number of carbonyl (C=O) groups is 1. The summed E-state index contributed by atoms with van der Waals surface area (Å²) in [5.74, 6) is 0.638. The molecule has 20 heavy (non-hydrogen) atoms. The van der Waals surface area contributed by atoms with Crippen molar-refractivity contribution in [1.82, 2.24) is 10.3 Å². The van der Waals surface area contributed by atoms with Crippen LogP contribution >= 0.6 is 0 Å². The van der Waals surface area contributed by atoms with Gasteiger partial charge in [-0.2, -0.15) is 0 Å². The minimum atomic E-state index is -0.142. The predicted molar refractivity (Wildman–Crippen MR) is 78.1 cm³/mol. The largest absolute Gasteiger partial charge is 0.497 e. The van der Waals surface area contributed by atoms with Crippen LogP contribution in [0.15, 0.2) is 54.9 Å². The van der Waals surface area contributed by atoms with Gasteiger partial charge in [0.2, 0.25) is 5.91 Å². The summed E-state index contributed by atoms with van der Waals surface area (Å²) in [4.78, 5) is 15.7. The van der Waals surface area contributed by atoms with Crippen molar-refractivity contribution in [3.05, 3.63) is 66.0 Å². The fraction of sp³-hybridized carbons (Fsp3) is 0.125. The van der Waals surface area contributed by atoms with E-state index in [9.17, 15) is 4.79 Å². The number of amides is 1. The summed E-state index contributed by atoms with van der Waals surface area (Å²) in [5, 5.41) is 2.82.